The zero-order valence-corrected chi connectivity index (χ0v) is 6.46. The molecule has 1 aliphatic rings. The van der Waals surface area contributed by atoms with Crippen LogP contribution in [0.3, 0.4) is 0 Å². The van der Waals surface area contributed by atoms with E-state index in [0.717, 1.165) is 19.3 Å². The van der Waals surface area contributed by atoms with Gasteiger partial charge in [0.1, 0.15) is 5.60 Å². The van der Waals surface area contributed by atoms with Gasteiger partial charge < -0.3 is 16.6 Å². The van der Waals surface area contributed by atoms with Gasteiger partial charge in [0.2, 0.25) is 0 Å². The Labute approximate surface area is 66.4 Å². The van der Waals surface area contributed by atoms with E-state index in [0.29, 0.717) is 5.70 Å². The molecule has 0 saturated heterocycles. The van der Waals surface area contributed by atoms with Crippen LogP contribution in [0.5, 0.6) is 0 Å². The molecule has 0 heterocycles. The lowest BCUT2D eigenvalue weighted by Gasteiger charge is -2.36. The minimum absolute atomic E-state index is 0.519. The second-order valence-corrected chi connectivity index (χ2v) is 2.89. The molecule has 11 heavy (non-hydrogen) atoms. The Morgan fingerprint density at radius 2 is 2.09 bits per heavy atom. The summed E-state index contributed by atoms with van der Waals surface area (Å²) in [5, 5.41) is 9.64. The molecular weight excluding hydrogens is 140 g/mol. The predicted octanol–water partition coefficient (Wildman–Crippen LogP) is 0.216. The third-order valence-electron chi connectivity index (χ3n) is 2.10. The molecule has 0 unspecified atom stereocenters. The molecule has 1 rings (SSSR count). The highest BCUT2D eigenvalue weighted by Crippen LogP contribution is 2.35. The third-order valence-corrected chi connectivity index (χ3v) is 2.10. The van der Waals surface area contributed by atoms with Gasteiger partial charge in [-0.15, -0.1) is 0 Å². The first-order chi connectivity index (χ1) is 5.19. The van der Waals surface area contributed by atoms with Crippen molar-refractivity contribution in [2.45, 2.75) is 24.9 Å². The average molecular weight is 154 g/mol. The summed E-state index contributed by atoms with van der Waals surface area (Å²) in [6.45, 7) is 0. The van der Waals surface area contributed by atoms with Gasteiger partial charge in [-0.2, -0.15) is 0 Å². The summed E-state index contributed by atoms with van der Waals surface area (Å²) >= 11 is 0. The summed E-state index contributed by atoms with van der Waals surface area (Å²) in [5.74, 6) is 0. The van der Waals surface area contributed by atoms with Crippen LogP contribution < -0.4 is 11.5 Å². The molecule has 3 nitrogen and oxygen atoms in total. The molecule has 1 aliphatic carbocycles. The van der Waals surface area contributed by atoms with Gasteiger partial charge in [0, 0.05) is 5.70 Å². The van der Waals surface area contributed by atoms with Crippen molar-refractivity contribution in [1.29, 1.82) is 0 Å². The van der Waals surface area contributed by atoms with Crippen molar-refractivity contribution >= 4 is 0 Å². The van der Waals surface area contributed by atoms with E-state index in [1.807, 2.05) is 0 Å². The van der Waals surface area contributed by atoms with E-state index >= 15 is 0 Å². The molecule has 0 aromatic carbocycles. The van der Waals surface area contributed by atoms with E-state index in [1.165, 1.54) is 6.20 Å². The van der Waals surface area contributed by atoms with Gasteiger partial charge in [0.25, 0.3) is 0 Å². The van der Waals surface area contributed by atoms with Gasteiger partial charge in [0.05, 0.1) is 0 Å². The Bertz CT molecular complexity index is 192. The molecule has 0 aliphatic heterocycles. The lowest BCUT2D eigenvalue weighted by atomic mass is 9.78. The Morgan fingerprint density at radius 1 is 1.45 bits per heavy atom. The van der Waals surface area contributed by atoms with E-state index in [9.17, 15) is 5.11 Å². The maximum Gasteiger partial charge on any atom is 0.104 e. The lowest BCUT2D eigenvalue weighted by Crippen LogP contribution is -2.41. The fourth-order valence-electron chi connectivity index (χ4n) is 1.11. The van der Waals surface area contributed by atoms with Crippen molar-refractivity contribution in [2.75, 3.05) is 0 Å². The SMILES string of the molecule is N/C=C\C=C(/N)C1(O)CCC1. The standard InChI is InChI=1S/C8H14N2O/c9-6-1-3-7(10)8(11)4-2-5-8/h1,3,6,11H,2,4-5,9-10H2/b6-1-,7-3-. The van der Waals surface area contributed by atoms with Crippen LogP contribution in [0.2, 0.25) is 0 Å². The van der Waals surface area contributed by atoms with E-state index < -0.39 is 5.60 Å². The van der Waals surface area contributed by atoms with Gasteiger partial charge >= 0.3 is 0 Å². The second kappa shape index (κ2) is 2.96. The van der Waals surface area contributed by atoms with Gasteiger partial charge in [-0.1, -0.05) is 0 Å². The van der Waals surface area contributed by atoms with E-state index in [-0.39, 0.29) is 0 Å². The van der Waals surface area contributed by atoms with Crippen LogP contribution in [-0.4, -0.2) is 10.7 Å². The topological polar surface area (TPSA) is 72.3 Å². The molecule has 0 aromatic heterocycles. The highest BCUT2D eigenvalue weighted by atomic mass is 16.3. The lowest BCUT2D eigenvalue weighted by molar-refractivity contribution is 0.00132. The van der Waals surface area contributed by atoms with Crippen molar-refractivity contribution in [3.63, 3.8) is 0 Å². The first kappa shape index (κ1) is 8.14. The Morgan fingerprint density at radius 3 is 2.45 bits per heavy atom. The number of rotatable bonds is 2. The second-order valence-electron chi connectivity index (χ2n) is 2.89. The van der Waals surface area contributed by atoms with E-state index in [2.05, 4.69) is 0 Å². The molecule has 62 valence electrons. The fourth-order valence-corrected chi connectivity index (χ4v) is 1.11. The monoisotopic (exact) mass is 154 g/mol. The molecule has 3 heteroatoms. The van der Waals surface area contributed by atoms with Crippen LogP contribution >= 0.6 is 0 Å². The highest BCUT2D eigenvalue weighted by molar-refractivity contribution is 5.21. The summed E-state index contributed by atoms with van der Waals surface area (Å²) in [5.41, 5.74) is 10.5. The van der Waals surface area contributed by atoms with Gasteiger partial charge in [-0.05, 0) is 37.6 Å². The van der Waals surface area contributed by atoms with E-state index in [4.69, 9.17) is 11.5 Å². The molecule has 0 atom stereocenters. The normalized spacial score (nSPS) is 23.5. The first-order valence-electron chi connectivity index (χ1n) is 3.76. The first-order valence-corrected chi connectivity index (χ1v) is 3.76. The van der Waals surface area contributed by atoms with Gasteiger partial charge in [-0.3, -0.25) is 0 Å². The van der Waals surface area contributed by atoms with Gasteiger partial charge in [-0.25, -0.2) is 0 Å². The van der Waals surface area contributed by atoms with Crippen molar-refractivity contribution in [1.82, 2.24) is 0 Å². The molecule has 0 aromatic rings. The Kier molecular flexibility index (Phi) is 2.19. The predicted molar refractivity (Wildman–Crippen MR) is 44.4 cm³/mol. The summed E-state index contributed by atoms with van der Waals surface area (Å²) in [6.07, 6.45) is 7.28. The minimum Gasteiger partial charge on any atom is -0.405 e. The van der Waals surface area contributed by atoms with Crippen molar-refractivity contribution in [2.24, 2.45) is 11.5 Å². The highest BCUT2D eigenvalue weighted by Gasteiger charge is 2.36. The third kappa shape index (κ3) is 1.54. The quantitative estimate of drug-likeness (QED) is 0.498. The Balaban J connectivity index is 2.58. The number of nitrogens with two attached hydrogens (primary N) is 2. The number of allylic oxidation sites excluding steroid dienone is 2. The van der Waals surface area contributed by atoms with Crippen LogP contribution in [0.15, 0.2) is 24.0 Å². The molecule has 5 N–H and O–H groups in total. The largest absolute Gasteiger partial charge is 0.405 e. The summed E-state index contributed by atoms with van der Waals surface area (Å²) in [7, 11) is 0. The maximum atomic E-state index is 9.64. The molecule has 1 saturated carbocycles. The van der Waals surface area contributed by atoms with Crippen molar-refractivity contribution in [3.8, 4) is 0 Å². The van der Waals surface area contributed by atoms with Gasteiger partial charge in [0.15, 0.2) is 0 Å². The Hall–Kier alpha value is -0.960. The summed E-state index contributed by atoms with van der Waals surface area (Å²) in [6, 6.07) is 0. The summed E-state index contributed by atoms with van der Waals surface area (Å²) in [4.78, 5) is 0. The molecule has 0 amide bonds. The summed E-state index contributed by atoms with van der Waals surface area (Å²) < 4.78 is 0. The van der Waals surface area contributed by atoms with E-state index in [1.54, 1.807) is 12.2 Å². The molecular formula is C8H14N2O. The number of hydrogen-bond acceptors (Lipinski definition) is 3. The van der Waals surface area contributed by atoms with Crippen LogP contribution in [0.4, 0.5) is 0 Å². The zero-order chi connectivity index (χ0) is 8.32. The van der Waals surface area contributed by atoms with Crippen LogP contribution in [0, 0.1) is 0 Å². The molecule has 0 bridgehead atoms. The molecule has 1 fully saturated rings. The molecule has 0 radical (unpaired) electrons. The smallest absolute Gasteiger partial charge is 0.104 e. The van der Waals surface area contributed by atoms with Crippen LogP contribution in [0.1, 0.15) is 19.3 Å². The minimum atomic E-state index is -0.737. The number of aliphatic hydroxyl groups is 1. The maximum absolute atomic E-state index is 9.64. The van der Waals surface area contributed by atoms with Crippen molar-refractivity contribution < 1.29 is 5.11 Å². The van der Waals surface area contributed by atoms with Crippen LogP contribution in [0.25, 0.3) is 0 Å². The van der Waals surface area contributed by atoms with Crippen LogP contribution in [-0.2, 0) is 0 Å². The molecule has 0 spiro atoms. The number of hydrogen-bond donors (Lipinski definition) is 3. The fraction of sp³-hybridized carbons (Fsp3) is 0.500. The average Bonchev–Trinajstić information content (AvgIpc) is 1.95. The van der Waals surface area contributed by atoms with Crippen molar-refractivity contribution in [3.05, 3.63) is 24.0 Å². The zero-order valence-electron chi connectivity index (χ0n) is 6.46.